The Morgan fingerprint density at radius 1 is 1.38 bits per heavy atom. The minimum atomic E-state index is -4.76. The molecule has 2 rings (SSSR count). The molecule has 1 aliphatic rings. The maximum atomic E-state index is 13.3. The second kappa shape index (κ2) is 5.94. The molecule has 0 atom stereocenters. The summed E-state index contributed by atoms with van der Waals surface area (Å²) in [5, 5.41) is 2.33. The minimum Gasteiger partial charge on any atom is -0.349 e. The first-order valence-electron chi connectivity index (χ1n) is 5.93. The quantitative estimate of drug-likeness (QED) is 0.872. The van der Waals surface area contributed by atoms with Gasteiger partial charge in [-0.2, -0.15) is 13.2 Å². The Kier molecular flexibility index (Phi) is 4.25. The number of aliphatic imine (C=N–C) groups is 1. The number of hydrogen-bond donors (Lipinski definition) is 1. The molecular formula is C13H11F4N3O. The molecule has 0 bridgehead atoms. The Labute approximate surface area is 117 Å². The van der Waals surface area contributed by atoms with Crippen LogP contribution in [0.25, 0.3) is 0 Å². The Morgan fingerprint density at radius 3 is 2.71 bits per heavy atom. The lowest BCUT2D eigenvalue weighted by molar-refractivity contribution is -0.139. The summed E-state index contributed by atoms with van der Waals surface area (Å²) < 4.78 is 50.5. The van der Waals surface area contributed by atoms with Crippen LogP contribution in [0.1, 0.15) is 5.56 Å². The molecule has 1 amide bonds. The molecule has 1 heterocycles. The Bertz CT molecular complexity index is 596. The normalized spacial score (nSPS) is 14.4. The van der Waals surface area contributed by atoms with Gasteiger partial charge in [0.05, 0.1) is 12.1 Å². The van der Waals surface area contributed by atoms with E-state index in [0.29, 0.717) is 18.8 Å². The first kappa shape index (κ1) is 15.0. The number of allylic oxidation sites excluding steroid dienone is 1. The summed E-state index contributed by atoms with van der Waals surface area (Å²) in [6, 6.07) is 2.24. The number of amides is 1. The zero-order valence-electron chi connectivity index (χ0n) is 10.7. The number of halogens is 4. The number of nitrogens with one attached hydrogen (secondary N) is 1. The van der Waals surface area contributed by atoms with Crippen LogP contribution in [-0.4, -0.2) is 30.2 Å². The van der Waals surface area contributed by atoms with Gasteiger partial charge in [0.2, 0.25) is 5.91 Å². The van der Waals surface area contributed by atoms with Crippen LogP contribution in [0.4, 0.5) is 23.2 Å². The average molecular weight is 301 g/mol. The van der Waals surface area contributed by atoms with Crippen LogP contribution in [0.2, 0.25) is 0 Å². The van der Waals surface area contributed by atoms with Crippen molar-refractivity contribution in [2.45, 2.75) is 6.18 Å². The van der Waals surface area contributed by atoms with E-state index < -0.39 is 23.5 Å². The molecule has 1 aromatic rings. The van der Waals surface area contributed by atoms with E-state index in [-0.39, 0.29) is 12.2 Å². The molecule has 0 radical (unpaired) electrons. The predicted octanol–water partition coefficient (Wildman–Crippen LogP) is 2.64. The molecule has 1 N–H and O–H groups in total. The Hall–Kier alpha value is -2.38. The number of carbonyl (C=O) groups excluding carboxylic acids is 1. The van der Waals surface area contributed by atoms with Crippen molar-refractivity contribution in [3.63, 3.8) is 0 Å². The van der Waals surface area contributed by atoms with E-state index in [9.17, 15) is 22.4 Å². The van der Waals surface area contributed by atoms with Crippen LogP contribution in [0.3, 0.4) is 0 Å². The molecular weight excluding hydrogens is 290 g/mol. The fourth-order valence-electron chi connectivity index (χ4n) is 1.73. The van der Waals surface area contributed by atoms with Crippen LogP contribution in [0, 0.1) is 5.82 Å². The van der Waals surface area contributed by atoms with Crippen molar-refractivity contribution < 1.29 is 22.4 Å². The van der Waals surface area contributed by atoms with Crippen molar-refractivity contribution in [1.29, 1.82) is 0 Å². The van der Waals surface area contributed by atoms with Gasteiger partial charge in [-0.3, -0.25) is 9.79 Å². The summed E-state index contributed by atoms with van der Waals surface area (Å²) in [4.78, 5) is 17.2. The van der Waals surface area contributed by atoms with Gasteiger partial charge in [0.25, 0.3) is 0 Å². The highest BCUT2D eigenvalue weighted by Gasteiger charge is 2.33. The average Bonchev–Trinajstić information content (AvgIpc) is 2.38. The number of anilines is 1. The highest BCUT2D eigenvalue weighted by Crippen LogP contribution is 2.32. The number of nitrogens with zero attached hydrogens (tertiary/aromatic N) is 2. The molecule has 0 unspecified atom stereocenters. The maximum absolute atomic E-state index is 13.3. The van der Waals surface area contributed by atoms with Crippen molar-refractivity contribution in [3.8, 4) is 0 Å². The molecule has 112 valence electrons. The van der Waals surface area contributed by atoms with Gasteiger partial charge < -0.3 is 10.2 Å². The second-order valence-electron chi connectivity index (χ2n) is 4.30. The van der Waals surface area contributed by atoms with Crippen LogP contribution < -0.4 is 5.32 Å². The summed E-state index contributed by atoms with van der Waals surface area (Å²) >= 11 is 0. The summed E-state index contributed by atoms with van der Waals surface area (Å²) in [5.74, 6) is -1.90. The number of rotatable bonds is 3. The molecule has 0 spiro atoms. The summed E-state index contributed by atoms with van der Waals surface area (Å²) in [6.45, 7) is 0.280. The van der Waals surface area contributed by atoms with Gasteiger partial charge in [-0.05, 0) is 24.3 Å². The fraction of sp³-hybridized carbons (Fsp3) is 0.231. The van der Waals surface area contributed by atoms with Crippen molar-refractivity contribution >= 4 is 17.8 Å². The summed E-state index contributed by atoms with van der Waals surface area (Å²) in [6.07, 6.45) is 0.122. The van der Waals surface area contributed by atoms with Gasteiger partial charge in [-0.15, -0.1) is 0 Å². The monoisotopic (exact) mass is 301 g/mol. The Balaban J connectivity index is 2.00. The van der Waals surface area contributed by atoms with E-state index in [0.717, 1.165) is 6.07 Å². The van der Waals surface area contributed by atoms with Gasteiger partial charge in [0.1, 0.15) is 12.5 Å². The molecule has 0 aliphatic carbocycles. The van der Waals surface area contributed by atoms with Gasteiger partial charge in [0, 0.05) is 18.1 Å². The lowest BCUT2D eigenvalue weighted by atomic mass is 10.2. The van der Waals surface area contributed by atoms with Gasteiger partial charge >= 0.3 is 6.18 Å². The van der Waals surface area contributed by atoms with E-state index in [4.69, 9.17) is 0 Å². The minimum absolute atomic E-state index is 0.0313. The first-order valence-corrected chi connectivity index (χ1v) is 5.93. The molecule has 1 aliphatic heterocycles. The molecule has 0 saturated carbocycles. The fourth-order valence-corrected chi connectivity index (χ4v) is 1.73. The van der Waals surface area contributed by atoms with Gasteiger partial charge in [-0.25, -0.2) is 4.39 Å². The second-order valence-corrected chi connectivity index (χ2v) is 4.30. The number of hydrogen-bond acceptors (Lipinski definition) is 3. The molecule has 8 heteroatoms. The Morgan fingerprint density at radius 2 is 2.14 bits per heavy atom. The third-order valence-electron chi connectivity index (χ3n) is 2.66. The van der Waals surface area contributed by atoms with E-state index in [2.05, 4.69) is 10.3 Å². The number of carbonyl (C=O) groups is 1. The molecule has 0 aromatic heterocycles. The zero-order valence-corrected chi connectivity index (χ0v) is 10.7. The highest BCUT2D eigenvalue weighted by molar-refractivity contribution is 5.92. The molecule has 0 fully saturated rings. The zero-order chi connectivity index (χ0) is 15.5. The largest absolute Gasteiger partial charge is 0.419 e. The summed E-state index contributed by atoms with van der Waals surface area (Å²) in [5.41, 5.74) is -1.40. The molecule has 21 heavy (non-hydrogen) atoms. The lowest BCUT2D eigenvalue weighted by Gasteiger charge is -2.19. The SMILES string of the molecule is O=C(CN1C=CC=NC1)Nc1ccc(C(F)(F)F)c(F)c1. The lowest BCUT2D eigenvalue weighted by Crippen LogP contribution is -2.30. The number of benzene rings is 1. The van der Waals surface area contributed by atoms with Crippen molar-refractivity contribution in [2.75, 3.05) is 18.5 Å². The van der Waals surface area contributed by atoms with E-state index in [1.165, 1.54) is 0 Å². The van der Waals surface area contributed by atoms with Crippen molar-refractivity contribution in [1.82, 2.24) is 4.90 Å². The smallest absolute Gasteiger partial charge is 0.349 e. The van der Waals surface area contributed by atoms with Crippen LogP contribution in [-0.2, 0) is 11.0 Å². The standard InChI is InChI=1S/C13H11F4N3O/c14-11-6-9(2-3-10(11)13(15,16)17)19-12(21)7-20-5-1-4-18-8-20/h1-6H,7-8H2,(H,19,21). The van der Waals surface area contributed by atoms with E-state index in [1.807, 2.05) is 0 Å². The van der Waals surface area contributed by atoms with Crippen molar-refractivity contribution in [3.05, 3.63) is 41.9 Å². The third-order valence-corrected chi connectivity index (χ3v) is 2.66. The maximum Gasteiger partial charge on any atom is 0.419 e. The summed E-state index contributed by atoms with van der Waals surface area (Å²) in [7, 11) is 0. The third kappa shape index (κ3) is 4.04. The topological polar surface area (TPSA) is 44.7 Å². The van der Waals surface area contributed by atoms with Crippen LogP contribution >= 0.6 is 0 Å². The van der Waals surface area contributed by atoms with Gasteiger partial charge in [-0.1, -0.05) is 0 Å². The van der Waals surface area contributed by atoms with Crippen LogP contribution in [0.5, 0.6) is 0 Å². The first-order chi connectivity index (χ1) is 9.86. The van der Waals surface area contributed by atoms with E-state index >= 15 is 0 Å². The highest BCUT2D eigenvalue weighted by atomic mass is 19.4. The van der Waals surface area contributed by atoms with Gasteiger partial charge in [0.15, 0.2) is 0 Å². The van der Waals surface area contributed by atoms with E-state index in [1.54, 1.807) is 23.4 Å². The van der Waals surface area contributed by atoms with Crippen molar-refractivity contribution in [2.24, 2.45) is 4.99 Å². The molecule has 4 nitrogen and oxygen atoms in total. The number of alkyl halides is 3. The molecule has 0 saturated heterocycles. The molecule has 1 aromatic carbocycles. The van der Waals surface area contributed by atoms with Crippen LogP contribution in [0.15, 0.2) is 35.5 Å². The predicted molar refractivity (Wildman–Crippen MR) is 69.2 cm³/mol.